The molecule has 7 heteroatoms. The van der Waals surface area contributed by atoms with Gasteiger partial charge in [-0.25, -0.2) is 4.98 Å². The Bertz CT molecular complexity index is 1060. The summed E-state index contributed by atoms with van der Waals surface area (Å²) in [7, 11) is 0. The van der Waals surface area contributed by atoms with Crippen LogP contribution in [0.25, 0.3) is 0 Å². The molecule has 0 aliphatic carbocycles. The molecule has 0 bridgehead atoms. The lowest BCUT2D eigenvalue weighted by atomic mass is 9.94. The smallest absolute Gasteiger partial charge is 0.308 e. The first-order valence-corrected chi connectivity index (χ1v) is 26.0. The highest BCUT2D eigenvalue weighted by atomic mass is 16.5. The number of aryl methyl sites for hydroxylation is 2. The van der Waals surface area contributed by atoms with Gasteiger partial charge >= 0.3 is 11.9 Å². The molecule has 1 aromatic heterocycles. The maximum absolute atomic E-state index is 13.1. The van der Waals surface area contributed by atoms with E-state index < -0.39 is 0 Å². The molecule has 59 heavy (non-hydrogen) atoms. The fourth-order valence-electron chi connectivity index (χ4n) is 8.52. The molecule has 0 fully saturated rings. The summed E-state index contributed by atoms with van der Waals surface area (Å²) in [4.78, 5) is 33.2. The largest absolute Gasteiger partial charge is 0.465 e. The molecule has 2 unspecified atom stereocenters. The average Bonchev–Trinajstić information content (AvgIpc) is 3.65. The maximum Gasteiger partial charge on any atom is 0.308 e. The Morgan fingerprint density at radius 3 is 1.22 bits per heavy atom. The van der Waals surface area contributed by atoms with Crippen LogP contribution in [0, 0.1) is 18.8 Å². The van der Waals surface area contributed by atoms with Crippen LogP contribution in [0.4, 0.5) is 0 Å². The Morgan fingerprint density at radius 1 is 0.492 bits per heavy atom. The van der Waals surface area contributed by atoms with Gasteiger partial charge in [-0.3, -0.25) is 9.59 Å². The van der Waals surface area contributed by atoms with E-state index in [1.807, 2.05) is 6.20 Å². The second kappa shape index (κ2) is 41.5. The van der Waals surface area contributed by atoms with E-state index in [1.54, 1.807) is 0 Å². The van der Waals surface area contributed by atoms with Gasteiger partial charge in [-0.1, -0.05) is 188 Å². The zero-order valence-electron chi connectivity index (χ0n) is 40.1. The molecule has 1 aromatic rings. The summed E-state index contributed by atoms with van der Waals surface area (Å²) in [6, 6.07) is 0. The van der Waals surface area contributed by atoms with Crippen molar-refractivity contribution in [1.29, 1.82) is 0 Å². The van der Waals surface area contributed by atoms with Crippen LogP contribution >= 0.6 is 0 Å². The molecule has 0 saturated heterocycles. The van der Waals surface area contributed by atoms with Gasteiger partial charge < -0.3 is 18.9 Å². The number of ether oxygens (including phenoxy) is 2. The molecule has 0 aliphatic rings. The molecule has 0 radical (unpaired) electrons. The van der Waals surface area contributed by atoms with E-state index in [0.717, 1.165) is 115 Å². The van der Waals surface area contributed by atoms with Crippen molar-refractivity contribution in [3.05, 3.63) is 18.2 Å². The SMILES string of the molecule is CCCCCCCCCC(CCCCCC)C(=O)OCCCCCCN(CCCCCCOC(=O)C(CCCCCC)CCCCCCCC)CCCn1ccnc1C. The summed E-state index contributed by atoms with van der Waals surface area (Å²) in [5.74, 6) is 1.40. The topological polar surface area (TPSA) is 73.7 Å². The summed E-state index contributed by atoms with van der Waals surface area (Å²) >= 11 is 0. The van der Waals surface area contributed by atoms with Crippen LogP contribution in [0.1, 0.15) is 252 Å². The Kier molecular flexibility index (Phi) is 38.7. The molecule has 0 spiro atoms. The number of hydrogen-bond donors (Lipinski definition) is 0. The lowest BCUT2D eigenvalue weighted by Crippen LogP contribution is -2.28. The number of carbonyl (C=O) groups excluding carboxylic acids is 2. The number of rotatable bonds is 45. The van der Waals surface area contributed by atoms with Crippen molar-refractivity contribution in [1.82, 2.24) is 14.5 Å². The second-order valence-electron chi connectivity index (χ2n) is 18.1. The number of esters is 2. The van der Waals surface area contributed by atoms with Crippen LogP contribution < -0.4 is 0 Å². The number of aromatic nitrogens is 2. The van der Waals surface area contributed by atoms with Crippen LogP contribution in [0.5, 0.6) is 0 Å². The third kappa shape index (κ3) is 32.5. The molecule has 2 atom stereocenters. The van der Waals surface area contributed by atoms with E-state index in [1.165, 1.54) is 135 Å². The second-order valence-corrected chi connectivity index (χ2v) is 18.1. The van der Waals surface area contributed by atoms with Gasteiger partial charge in [0.1, 0.15) is 5.82 Å². The van der Waals surface area contributed by atoms with Gasteiger partial charge in [0.05, 0.1) is 25.0 Å². The Balaban J connectivity index is 2.42. The van der Waals surface area contributed by atoms with Gasteiger partial charge in [0.15, 0.2) is 0 Å². The molecule has 0 aromatic carbocycles. The van der Waals surface area contributed by atoms with Crippen LogP contribution in [-0.2, 0) is 25.6 Å². The van der Waals surface area contributed by atoms with Crippen molar-refractivity contribution in [3.8, 4) is 0 Å². The monoisotopic (exact) mass is 830 g/mol. The summed E-state index contributed by atoms with van der Waals surface area (Å²) < 4.78 is 14.0. The summed E-state index contributed by atoms with van der Waals surface area (Å²) in [6.07, 6.45) is 44.4. The summed E-state index contributed by atoms with van der Waals surface area (Å²) in [5.41, 5.74) is 0. The normalized spacial score (nSPS) is 12.6. The van der Waals surface area contributed by atoms with Crippen molar-refractivity contribution in [2.75, 3.05) is 32.8 Å². The quantitative estimate of drug-likeness (QED) is 0.0481. The van der Waals surface area contributed by atoms with Crippen molar-refractivity contribution < 1.29 is 19.1 Å². The maximum atomic E-state index is 13.1. The molecule has 346 valence electrons. The zero-order valence-corrected chi connectivity index (χ0v) is 40.1. The standard InChI is InChI=1S/C52H99N3O4/c1-6-10-14-18-20-22-30-39-50(37-28-17-13-9-4)52(57)59-47-34-26-24-32-42-54(43-35-44-55-45-40-53-48(55)5)41-31-23-25-33-46-58-51(56)49(36-27-16-12-8-3)38-29-21-19-15-11-7-2/h40,45,49-50H,6-39,41-44,46-47H2,1-5H3. The van der Waals surface area contributed by atoms with E-state index in [4.69, 9.17) is 9.47 Å². The van der Waals surface area contributed by atoms with Gasteiger partial charge in [-0.05, 0) is 84.3 Å². The van der Waals surface area contributed by atoms with E-state index in [2.05, 4.69) is 55.3 Å². The van der Waals surface area contributed by atoms with E-state index >= 15 is 0 Å². The van der Waals surface area contributed by atoms with Gasteiger partial charge in [0, 0.05) is 18.9 Å². The number of unbranched alkanes of at least 4 members (excludes halogenated alkanes) is 23. The Hall–Kier alpha value is -1.89. The van der Waals surface area contributed by atoms with E-state index in [-0.39, 0.29) is 23.8 Å². The first-order valence-electron chi connectivity index (χ1n) is 26.0. The third-order valence-electron chi connectivity index (χ3n) is 12.6. The number of hydrogen-bond acceptors (Lipinski definition) is 6. The zero-order chi connectivity index (χ0) is 42.9. The number of carbonyl (C=O) groups is 2. The molecular weight excluding hydrogens is 731 g/mol. The third-order valence-corrected chi connectivity index (χ3v) is 12.6. The summed E-state index contributed by atoms with van der Waals surface area (Å²) in [6.45, 7) is 16.6. The lowest BCUT2D eigenvalue weighted by molar-refractivity contribution is -0.150. The fourth-order valence-corrected chi connectivity index (χ4v) is 8.52. The minimum atomic E-state index is 0.0633. The van der Waals surface area contributed by atoms with Crippen molar-refractivity contribution in [2.45, 2.75) is 259 Å². The van der Waals surface area contributed by atoms with Gasteiger partial charge in [0.2, 0.25) is 0 Å². The minimum absolute atomic E-state index is 0.0633. The molecular formula is C52H99N3O4. The van der Waals surface area contributed by atoms with Gasteiger partial charge in [0.25, 0.3) is 0 Å². The highest BCUT2D eigenvalue weighted by Gasteiger charge is 2.20. The molecule has 1 rings (SSSR count). The van der Waals surface area contributed by atoms with E-state index in [9.17, 15) is 9.59 Å². The molecule has 0 aliphatic heterocycles. The van der Waals surface area contributed by atoms with Crippen molar-refractivity contribution in [3.63, 3.8) is 0 Å². The molecule has 0 N–H and O–H groups in total. The molecule has 0 saturated carbocycles. The summed E-state index contributed by atoms with van der Waals surface area (Å²) in [5, 5.41) is 0. The number of imidazole rings is 1. The first kappa shape index (κ1) is 55.1. The highest BCUT2D eigenvalue weighted by Crippen LogP contribution is 2.22. The Morgan fingerprint density at radius 2 is 0.831 bits per heavy atom. The molecule has 0 amide bonds. The van der Waals surface area contributed by atoms with Gasteiger partial charge in [-0.2, -0.15) is 0 Å². The minimum Gasteiger partial charge on any atom is -0.465 e. The van der Waals surface area contributed by atoms with Crippen LogP contribution in [-0.4, -0.2) is 59.2 Å². The fraction of sp³-hybridized carbons (Fsp3) is 0.904. The molecule has 1 heterocycles. The van der Waals surface area contributed by atoms with Gasteiger partial charge in [-0.15, -0.1) is 0 Å². The lowest BCUT2D eigenvalue weighted by Gasteiger charge is -2.22. The Labute approximate surface area is 366 Å². The van der Waals surface area contributed by atoms with Crippen molar-refractivity contribution >= 4 is 11.9 Å². The predicted octanol–water partition coefficient (Wildman–Crippen LogP) is 15.2. The van der Waals surface area contributed by atoms with Crippen molar-refractivity contribution in [2.24, 2.45) is 11.8 Å². The number of nitrogens with zero attached hydrogens (tertiary/aromatic N) is 3. The van der Waals surface area contributed by atoms with Crippen LogP contribution in [0.3, 0.4) is 0 Å². The van der Waals surface area contributed by atoms with Crippen LogP contribution in [0.15, 0.2) is 12.4 Å². The first-order chi connectivity index (χ1) is 29.0. The highest BCUT2D eigenvalue weighted by molar-refractivity contribution is 5.72. The molecule has 7 nitrogen and oxygen atoms in total. The van der Waals surface area contributed by atoms with Crippen LogP contribution in [0.2, 0.25) is 0 Å². The average molecular weight is 830 g/mol. The van der Waals surface area contributed by atoms with E-state index in [0.29, 0.717) is 13.2 Å². The predicted molar refractivity (Wildman–Crippen MR) is 252 cm³/mol.